The molecule has 2 heterocycles. The number of aryl methyl sites for hydroxylation is 1. The summed E-state index contributed by atoms with van der Waals surface area (Å²) in [5, 5.41) is 0.967. The highest BCUT2D eigenvalue weighted by Crippen LogP contribution is 2.25. The van der Waals surface area contributed by atoms with Gasteiger partial charge in [0.05, 0.1) is 10.0 Å². The highest BCUT2D eigenvalue weighted by atomic mass is 35.5. The Balaban J connectivity index is 1.86. The fourth-order valence-corrected chi connectivity index (χ4v) is 4.35. The molecule has 0 saturated carbocycles. The first-order valence-corrected chi connectivity index (χ1v) is 10.7. The Hall–Kier alpha value is -1.82. The minimum absolute atomic E-state index is 0.0385. The van der Waals surface area contributed by atoms with Crippen LogP contribution in [0.2, 0.25) is 10.0 Å². The molecule has 3 rings (SSSR count). The normalized spacial score (nSPS) is 14.4. The molecule has 0 unspecified atom stereocenters. The second-order valence-corrected chi connectivity index (χ2v) is 8.52. The first kappa shape index (κ1) is 21.9. The van der Waals surface area contributed by atoms with Crippen molar-refractivity contribution in [2.45, 2.75) is 40.2 Å². The van der Waals surface area contributed by atoms with Crippen molar-refractivity contribution in [3.63, 3.8) is 0 Å². The van der Waals surface area contributed by atoms with Crippen molar-refractivity contribution in [3.05, 3.63) is 56.3 Å². The van der Waals surface area contributed by atoms with Gasteiger partial charge in [0.2, 0.25) is 0 Å². The molecule has 1 saturated heterocycles. The van der Waals surface area contributed by atoms with Crippen molar-refractivity contribution in [2.75, 3.05) is 26.2 Å². The van der Waals surface area contributed by atoms with Gasteiger partial charge in [-0.15, -0.1) is 0 Å². The molecule has 1 amide bonds. The lowest BCUT2D eigenvalue weighted by Gasteiger charge is -2.26. The van der Waals surface area contributed by atoms with E-state index < -0.39 is 0 Å². The van der Waals surface area contributed by atoms with Crippen molar-refractivity contribution in [1.82, 2.24) is 14.8 Å². The van der Waals surface area contributed by atoms with Gasteiger partial charge in [-0.3, -0.25) is 9.59 Å². The van der Waals surface area contributed by atoms with Crippen LogP contribution in [0.4, 0.5) is 0 Å². The van der Waals surface area contributed by atoms with Gasteiger partial charge >= 0.3 is 0 Å². The SMILES string of the molecule is CC(=O)c1c(C)[nH]c(C(=O)N(CCN2CCCC2)Cc2ccc(Cl)c(Cl)c2)c1C. The van der Waals surface area contributed by atoms with Gasteiger partial charge in [-0.2, -0.15) is 0 Å². The Morgan fingerprint density at radius 1 is 1.14 bits per heavy atom. The first-order chi connectivity index (χ1) is 13.8. The topological polar surface area (TPSA) is 56.4 Å². The summed E-state index contributed by atoms with van der Waals surface area (Å²) in [6, 6.07) is 5.44. The van der Waals surface area contributed by atoms with Crippen LogP contribution >= 0.6 is 23.2 Å². The van der Waals surface area contributed by atoms with E-state index in [9.17, 15) is 9.59 Å². The Morgan fingerprint density at radius 3 is 2.41 bits per heavy atom. The number of ketones is 1. The minimum Gasteiger partial charge on any atom is -0.354 e. The lowest BCUT2D eigenvalue weighted by molar-refractivity contribution is 0.0721. The zero-order valence-corrected chi connectivity index (χ0v) is 18.7. The number of likely N-dealkylation sites (tertiary alicyclic amines) is 1. The number of halogens is 2. The lowest BCUT2D eigenvalue weighted by Crippen LogP contribution is -2.38. The third-order valence-electron chi connectivity index (χ3n) is 5.53. The van der Waals surface area contributed by atoms with Crippen LogP contribution in [0.3, 0.4) is 0 Å². The van der Waals surface area contributed by atoms with Crippen LogP contribution in [0.5, 0.6) is 0 Å². The third kappa shape index (κ3) is 5.03. The number of carbonyl (C=O) groups excluding carboxylic acids is 2. The molecule has 1 N–H and O–H groups in total. The largest absolute Gasteiger partial charge is 0.354 e. The molecule has 1 aromatic heterocycles. The number of aromatic nitrogens is 1. The Bertz CT molecular complexity index is 917. The van der Waals surface area contributed by atoms with Gasteiger partial charge in [-0.1, -0.05) is 29.3 Å². The number of hydrogen-bond donors (Lipinski definition) is 1. The molecular weight excluding hydrogens is 409 g/mol. The van der Waals surface area contributed by atoms with E-state index in [0.29, 0.717) is 40.0 Å². The van der Waals surface area contributed by atoms with Crippen molar-refractivity contribution in [2.24, 2.45) is 0 Å². The predicted molar refractivity (Wildman–Crippen MR) is 117 cm³/mol. The molecule has 0 spiro atoms. The maximum absolute atomic E-state index is 13.4. The molecule has 1 aliphatic rings. The second-order valence-electron chi connectivity index (χ2n) is 7.71. The van der Waals surface area contributed by atoms with Crippen LogP contribution in [-0.2, 0) is 6.54 Å². The van der Waals surface area contributed by atoms with Gasteiger partial charge in [0.25, 0.3) is 5.91 Å². The average molecular weight is 436 g/mol. The molecular formula is C22H27Cl2N3O2. The maximum Gasteiger partial charge on any atom is 0.270 e. The zero-order chi connectivity index (χ0) is 21.1. The zero-order valence-electron chi connectivity index (χ0n) is 17.1. The third-order valence-corrected chi connectivity index (χ3v) is 6.27. The smallest absolute Gasteiger partial charge is 0.270 e. The van der Waals surface area contributed by atoms with Crippen LogP contribution in [0.1, 0.15) is 57.4 Å². The van der Waals surface area contributed by atoms with Gasteiger partial charge in [-0.05, 0) is 70.0 Å². The van der Waals surface area contributed by atoms with E-state index in [2.05, 4.69) is 9.88 Å². The van der Waals surface area contributed by atoms with Crippen molar-refractivity contribution in [1.29, 1.82) is 0 Å². The summed E-state index contributed by atoms with van der Waals surface area (Å²) in [5.41, 5.74) is 3.44. The van der Waals surface area contributed by atoms with Crippen LogP contribution < -0.4 is 0 Å². The molecule has 0 radical (unpaired) electrons. The number of amides is 1. The average Bonchev–Trinajstić information content (AvgIpc) is 3.28. The molecule has 0 atom stereocenters. The number of Topliss-reactive ketones (excluding diaryl/α,β-unsaturated/α-hetero) is 1. The van der Waals surface area contributed by atoms with Crippen molar-refractivity contribution < 1.29 is 9.59 Å². The molecule has 0 aliphatic carbocycles. The van der Waals surface area contributed by atoms with E-state index in [4.69, 9.17) is 23.2 Å². The first-order valence-electron chi connectivity index (χ1n) is 9.93. The Morgan fingerprint density at radius 2 is 1.83 bits per heavy atom. The van der Waals surface area contributed by atoms with E-state index >= 15 is 0 Å². The van der Waals surface area contributed by atoms with Gasteiger partial charge in [0.15, 0.2) is 5.78 Å². The minimum atomic E-state index is -0.108. The summed E-state index contributed by atoms with van der Waals surface area (Å²) in [4.78, 5) is 32.7. The quantitative estimate of drug-likeness (QED) is 0.630. The summed E-state index contributed by atoms with van der Waals surface area (Å²) >= 11 is 12.2. The maximum atomic E-state index is 13.4. The number of benzene rings is 1. The summed E-state index contributed by atoms with van der Waals surface area (Å²) in [6.45, 7) is 9.18. The molecule has 2 aromatic rings. The summed E-state index contributed by atoms with van der Waals surface area (Å²) in [6.07, 6.45) is 2.41. The highest BCUT2D eigenvalue weighted by Gasteiger charge is 2.25. The van der Waals surface area contributed by atoms with Crippen LogP contribution in [-0.4, -0.2) is 52.7 Å². The van der Waals surface area contributed by atoms with E-state index in [1.807, 2.05) is 24.8 Å². The molecule has 156 valence electrons. The number of hydrogen-bond acceptors (Lipinski definition) is 3. The molecule has 5 nitrogen and oxygen atoms in total. The summed E-state index contributed by atoms with van der Waals surface area (Å²) in [7, 11) is 0. The predicted octanol–water partition coefficient (Wildman–Crippen LogP) is 4.88. The van der Waals surface area contributed by atoms with Crippen LogP contribution in [0.25, 0.3) is 0 Å². The van der Waals surface area contributed by atoms with E-state index in [-0.39, 0.29) is 11.7 Å². The van der Waals surface area contributed by atoms with Crippen LogP contribution in [0, 0.1) is 13.8 Å². The monoisotopic (exact) mass is 435 g/mol. The second kappa shape index (κ2) is 9.33. The summed E-state index contributed by atoms with van der Waals surface area (Å²) in [5.74, 6) is -0.147. The summed E-state index contributed by atoms with van der Waals surface area (Å²) < 4.78 is 0. The molecule has 29 heavy (non-hydrogen) atoms. The van der Waals surface area contributed by atoms with Gasteiger partial charge < -0.3 is 14.8 Å². The van der Waals surface area contributed by atoms with Crippen LogP contribution in [0.15, 0.2) is 18.2 Å². The van der Waals surface area contributed by atoms with Crippen molar-refractivity contribution >= 4 is 34.9 Å². The van der Waals surface area contributed by atoms with Gasteiger partial charge in [0.1, 0.15) is 5.69 Å². The van der Waals surface area contributed by atoms with Crippen molar-refractivity contribution in [3.8, 4) is 0 Å². The number of rotatable bonds is 7. The molecule has 1 fully saturated rings. The number of aromatic amines is 1. The number of carbonyl (C=O) groups is 2. The van der Waals surface area contributed by atoms with E-state index in [0.717, 1.165) is 30.9 Å². The fourth-order valence-electron chi connectivity index (χ4n) is 4.03. The molecule has 0 bridgehead atoms. The number of H-pyrrole nitrogens is 1. The standard InChI is InChI=1S/C22H27Cl2N3O2/c1-14-20(16(3)28)15(2)25-21(14)22(29)27(11-10-26-8-4-5-9-26)13-17-6-7-18(23)19(24)12-17/h6-7,12,25H,4-5,8-11,13H2,1-3H3. The molecule has 1 aliphatic heterocycles. The van der Waals surface area contributed by atoms with E-state index in [1.54, 1.807) is 12.1 Å². The fraction of sp³-hybridized carbons (Fsp3) is 0.455. The number of nitrogens with zero attached hydrogens (tertiary/aromatic N) is 2. The van der Waals surface area contributed by atoms with E-state index in [1.165, 1.54) is 19.8 Å². The molecule has 1 aromatic carbocycles. The Kier molecular flexibility index (Phi) is 7.04. The molecule has 7 heteroatoms. The number of nitrogens with one attached hydrogen (secondary N) is 1. The van der Waals surface area contributed by atoms with Gasteiger partial charge in [0, 0.05) is 30.9 Å². The highest BCUT2D eigenvalue weighted by molar-refractivity contribution is 6.42. The lowest BCUT2D eigenvalue weighted by atomic mass is 10.1. The Labute approximate surface area is 182 Å². The van der Waals surface area contributed by atoms with Gasteiger partial charge in [-0.25, -0.2) is 0 Å².